The molecule has 31 heavy (non-hydrogen) atoms. The number of hydrogen-bond acceptors (Lipinski definition) is 2. The van der Waals surface area contributed by atoms with Crippen LogP contribution in [0.15, 0.2) is 66.7 Å². The van der Waals surface area contributed by atoms with Gasteiger partial charge in [0, 0.05) is 11.3 Å². The van der Waals surface area contributed by atoms with Gasteiger partial charge in [0.1, 0.15) is 5.75 Å². The van der Waals surface area contributed by atoms with E-state index in [1.54, 1.807) is 12.1 Å². The lowest BCUT2D eigenvalue weighted by atomic mass is 9.95. The lowest BCUT2D eigenvalue weighted by molar-refractivity contribution is -0.141. The average molecular weight is 439 g/mol. The van der Waals surface area contributed by atoms with E-state index < -0.39 is 35.0 Å². The molecule has 0 saturated heterocycles. The number of nitrogens with one attached hydrogen (secondary N) is 1. The van der Waals surface area contributed by atoms with Crippen LogP contribution < -0.4 is 10.1 Å². The van der Waals surface area contributed by atoms with Crippen molar-refractivity contribution in [1.29, 1.82) is 0 Å². The standard InChI is InChI=1S/C22H15F6NO2/c1-31-19-9-5-3-7-15(19)20(30)29-18-8-4-2-6-14(18)16-12-13(21(23,24)25)10-11-17(16)22(26,27)28/h2-12H,1H3,(H,29,30). The number of para-hydroxylation sites is 2. The molecule has 162 valence electrons. The molecule has 0 atom stereocenters. The van der Waals surface area contributed by atoms with Crippen LogP contribution in [0.4, 0.5) is 32.0 Å². The van der Waals surface area contributed by atoms with Crippen LogP contribution in [0.1, 0.15) is 21.5 Å². The maximum atomic E-state index is 13.5. The molecule has 1 N–H and O–H groups in total. The summed E-state index contributed by atoms with van der Waals surface area (Å²) in [4.78, 5) is 12.7. The van der Waals surface area contributed by atoms with E-state index in [9.17, 15) is 31.1 Å². The van der Waals surface area contributed by atoms with Gasteiger partial charge in [0.05, 0.1) is 23.8 Å². The second-order valence-electron chi connectivity index (χ2n) is 6.46. The van der Waals surface area contributed by atoms with Gasteiger partial charge in [-0.25, -0.2) is 0 Å². The Kier molecular flexibility index (Phi) is 5.97. The average Bonchev–Trinajstić information content (AvgIpc) is 2.72. The normalized spacial score (nSPS) is 11.8. The molecule has 0 spiro atoms. The first-order chi connectivity index (χ1) is 14.5. The monoisotopic (exact) mass is 439 g/mol. The van der Waals surface area contributed by atoms with Gasteiger partial charge in [-0.3, -0.25) is 4.79 Å². The molecule has 3 rings (SSSR count). The van der Waals surface area contributed by atoms with E-state index >= 15 is 0 Å². The molecule has 3 aromatic rings. The number of ether oxygens (including phenoxy) is 1. The molecular weight excluding hydrogens is 424 g/mol. The number of anilines is 1. The molecule has 0 fully saturated rings. The van der Waals surface area contributed by atoms with E-state index in [4.69, 9.17) is 4.74 Å². The molecule has 0 aliphatic rings. The third-order valence-corrected chi connectivity index (χ3v) is 4.47. The molecule has 0 bridgehead atoms. The summed E-state index contributed by atoms with van der Waals surface area (Å²) in [6, 6.07) is 12.7. The zero-order valence-electron chi connectivity index (χ0n) is 15.9. The Morgan fingerprint density at radius 3 is 2.10 bits per heavy atom. The summed E-state index contributed by atoms with van der Waals surface area (Å²) in [6.45, 7) is 0. The highest BCUT2D eigenvalue weighted by Gasteiger charge is 2.37. The third kappa shape index (κ3) is 4.82. The topological polar surface area (TPSA) is 38.3 Å². The first-order valence-electron chi connectivity index (χ1n) is 8.84. The maximum absolute atomic E-state index is 13.5. The van der Waals surface area contributed by atoms with Crippen LogP contribution in [0.5, 0.6) is 5.75 Å². The van der Waals surface area contributed by atoms with E-state index in [0.29, 0.717) is 18.2 Å². The number of methoxy groups -OCH3 is 1. The molecular formula is C22H15F6NO2. The Bertz CT molecular complexity index is 1110. The number of amides is 1. The van der Waals surface area contributed by atoms with Gasteiger partial charge in [-0.15, -0.1) is 0 Å². The van der Waals surface area contributed by atoms with E-state index in [0.717, 1.165) is 0 Å². The van der Waals surface area contributed by atoms with Gasteiger partial charge in [0.15, 0.2) is 0 Å². The molecule has 3 nitrogen and oxygen atoms in total. The van der Waals surface area contributed by atoms with Crippen LogP contribution in [0.25, 0.3) is 11.1 Å². The molecule has 0 aliphatic heterocycles. The number of carbonyl (C=O) groups is 1. The Morgan fingerprint density at radius 2 is 1.45 bits per heavy atom. The number of alkyl halides is 6. The van der Waals surface area contributed by atoms with Crippen LogP contribution >= 0.6 is 0 Å². The van der Waals surface area contributed by atoms with Crippen LogP contribution in [0.3, 0.4) is 0 Å². The van der Waals surface area contributed by atoms with Crippen molar-refractivity contribution in [3.8, 4) is 16.9 Å². The number of hydrogen-bond donors (Lipinski definition) is 1. The largest absolute Gasteiger partial charge is 0.496 e. The summed E-state index contributed by atoms with van der Waals surface area (Å²) in [6.07, 6.45) is -9.74. The Hall–Kier alpha value is -3.49. The minimum atomic E-state index is -4.90. The van der Waals surface area contributed by atoms with Crippen LogP contribution in [-0.4, -0.2) is 13.0 Å². The first kappa shape index (κ1) is 22.2. The molecule has 0 aromatic heterocycles. The fourth-order valence-electron chi connectivity index (χ4n) is 3.04. The molecule has 0 unspecified atom stereocenters. The van der Waals surface area contributed by atoms with Crippen LogP contribution in [0, 0.1) is 0 Å². The summed E-state index contributed by atoms with van der Waals surface area (Å²) >= 11 is 0. The van der Waals surface area contributed by atoms with Crippen molar-refractivity contribution in [2.45, 2.75) is 12.4 Å². The van der Waals surface area contributed by atoms with Gasteiger partial charge in [0.2, 0.25) is 0 Å². The van der Waals surface area contributed by atoms with Crippen LogP contribution in [-0.2, 0) is 12.4 Å². The SMILES string of the molecule is COc1ccccc1C(=O)Nc1ccccc1-c1cc(C(F)(F)F)ccc1C(F)(F)F. The summed E-state index contributed by atoms with van der Waals surface area (Å²) in [7, 11) is 1.35. The molecule has 9 heteroatoms. The first-order valence-corrected chi connectivity index (χ1v) is 8.84. The minimum absolute atomic E-state index is 0.0803. The van der Waals surface area contributed by atoms with E-state index in [-0.39, 0.29) is 22.6 Å². The highest BCUT2D eigenvalue weighted by atomic mass is 19.4. The summed E-state index contributed by atoms with van der Waals surface area (Å²) in [5, 5.41) is 2.47. The van der Waals surface area contributed by atoms with Gasteiger partial charge in [-0.1, -0.05) is 30.3 Å². The van der Waals surface area contributed by atoms with Gasteiger partial charge in [0.25, 0.3) is 5.91 Å². The Morgan fingerprint density at radius 1 is 0.806 bits per heavy atom. The van der Waals surface area contributed by atoms with Crippen molar-refractivity contribution in [3.05, 3.63) is 83.4 Å². The smallest absolute Gasteiger partial charge is 0.417 e. The summed E-state index contributed by atoms with van der Waals surface area (Å²) in [5.41, 5.74) is -3.36. The fourth-order valence-corrected chi connectivity index (χ4v) is 3.04. The van der Waals surface area contributed by atoms with Crippen molar-refractivity contribution < 1.29 is 35.9 Å². The van der Waals surface area contributed by atoms with Crippen molar-refractivity contribution in [3.63, 3.8) is 0 Å². The second kappa shape index (κ2) is 8.33. The molecule has 1 amide bonds. The lowest BCUT2D eigenvalue weighted by Gasteiger charge is -2.18. The molecule has 0 heterocycles. The van der Waals surface area contributed by atoms with Gasteiger partial charge in [-0.05, 0) is 42.0 Å². The molecule has 0 aliphatic carbocycles. The van der Waals surface area contributed by atoms with E-state index in [1.807, 2.05) is 0 Å². The maximum Gasteiger partial charge on any atom is 0.417 e. The predicted molar refractivity (Wildman–Crippen MR) is 103 cm³/mol. The van der Waals surface area contributed by atoms with Gasteiger partial charge >= 0.3 is 12.4 Å². The quantitative estimate of drug-likeness (QED) is 0.462. The highest BCUT2D eigenvalue weighted by molar-refractivity contribution is 6.08. The summed E-state index contributed by atoms with van der Waals surface area (Å²) < 4.78 is 85.2. The van der Waals surface area contributed by atoms with E-state index in [2.05, 4.69) is 5.32 Å². The lowest BCUT2D eigenvalue weighted by Crippen LogP contribution is -2.15. The van der Waals surface area contributed by atoms with Gasteiger partial charge < -0.3 is 10.1 Å². The number of halogens is 6. The highest BCUT2D eigenvalue weighted by Crippen LogP contribution is 2.42. The number of rotatable bonds is 4. The minimum Gasteiger partial charge on any atom is -0.496 e. The third-order valence-electron chi connectivity index (χ3n) is 4.47. The predicted octanol–water partition coefficient (Wildman–Crippen LogP) is 6.65. The van der Waals surface area contributed by atoms with Crippen molar-refractivity contribution >= 4 is 11.6 Å². The summed E-state index contributed by atoms with van der Waals surface area (Å²) in [5.74, 6) is -0.460. The van der Waals surface area contributed by atoms with Crippen molar-refractivity contribution in [2.75, 3.05) is 12.4 Å². The molecule has 0 saturated carbocycles. The van der Waals surface area contributed by atoms with E-state index in [1.165, 1.54) is 43.5 Å². The molecule has 3 aromatic carbocycles. The zero-order chi connectivity index (χ0) is 22.8. The number of carbonyl (C=O) groups excluding carboxylic acids is 1. The molecule has 0 radical (unpaired) electrons. The van der Waals surface area contributed by atoms with Crippen LogP contribution in [0.2, 0.25) is 0 Å². The Labute approximate surface area is 173 Å². The second-order valence-corrected chi connectivity index (χ2v) is 6.46. The fraction of sp³-hybridized carbons (Fsp3) is 0.136. The Balaban J connectivity index is 2.12. The van der Waals surface area contributed by atoms with Crippen molar-refractivity contribution in [2.24, 2.45) is 0 Å². The zero-order valence-corrected chi connectivity index (χ0v) is 15.9. The van der Waals surface area contributed by atoms with Crippen molar-refractivity contribution in [1.82, 2.24) is 0 Å². The van der Waals surface area contributed by atoms with Gasteiger partial charge in [-0.2, -0.15) is 26.3 Å². The number of benzene rings is 3.